The number of allylic oxidation sites excluding steroid dienone is 1. The van der Waals surface area contributed by atoms with Crippen LogP contribution in [0.4, 0.5) is 0 Å². The summed E-state index contributed by atoms with van der Waals surface area (Å²) >= 11 is 6.29. The van der Waals surface area contributed by atoms with Crippen molar-refractivity contribution in [2.75, 3.05) is 6.54 Å². The Balaban J connectivity index is 2.24. The molecule has 0 aliphatic heterocycles. The Morgan fingerprint density at radius 3 is 3.00 bits per heavy atom. The molecule has 0 amide bonds. The van der Waals surface area contributed by atoms with E-state index in [0.29, 0.717) is 0 Å². The van der Waals surface area contributed by atoms with Gasteiger partial charge in [0.25, 0.3) is 0 Å². The Labute approximate surface area is 114 Å². The third kappa shape index (κ3) is 3.33. The number of halogens is 1. The molecule has 0 bridgehead atoms. The van der Waals surface area contributed by atoms with Crippen LogP contribution in [-0.2, 0) is 0 Å². The van der Waals surface area contributed by atoms with Crippen LogP contribution in [0, 0.1) is 0 Å². The highest BCUT2D eigenvalue weighted by Crippen LogP contribution is 2.32. The highest BCUT2D eigenvalue weighted by atomic mass is 35.5. The van der Waals surface area contributed by atoms with Gasteiger partial charge in [-0.15, -0.1) is 0 Å². The summed E-state index contributed by atoms with van der Waals surface area (Å²) in [5.41, 5.74) is 2.65. The first-order chi connectivity index (χ1) is 8.83. The standard InChI is InChI=1S/C15H21ClN2/c1-2-9-18-15(12-6-4-3-5-7-12)13-8-10-17-11-14(13)16/h6,8,10-11,15,18H,2-5,7,9H2,1H3. The van der Waals surface area contributed by atoms with Gasteiger partial charge in [-0.3, -0.25) is 4.98 Å². The van der Waals surface area contributed by atoms with E-state index >= 15 is 0 Å². The Morgan fingerprint density at radius 2 is 2.33 bits per heavy atom. The van der Waals surface area contributed by atoms with E-state index in [9.17, 15) is 0 Å². The lowest BCUT2D eigenvalue weighted by Gasteiger charge is -2.25. The average molecular weight is 265 g/mol. The summed E-state index contributed by atoms with van der Waals surface area (Å²) in [6, 6.07) is 2.30. The van der Waals surface area contributed by atoms with Gasteiger partial charge >= 0.3 is 0 Å². The van der Waals surface area contributed by atoms with E-state index in [1.54, 1.807) is 6.20 Å². The molecule has 1 N–H and O–H groups in total. The van der Waals surface area contributed by atoms with Gasteiger partial charge in [-0.05, 0) is 50.3 Å². The molecule has 0 fully saturated rings. The maximum absolute atomic E-state index is 6.29. The zero-order valence-corrected chi connectivity index (χ0v) is 11.7. The minimum Gasteiger partial charge on any atom is -0.306 e. The first-order valence-corrected chi connectivity index (χ1v) is 7.22. The molecule has 1 atom stereocenters. The first-order valence-electron chi connectivity index (χ1n) is 6.84. The molecule has 18 heavy (non-hydrogen) atoms. The molecule has 1 aromatic rings. The van der Waals surface area contributed by atoms with E-state index < -0.39 is 0 Å². The summed E-state index contributed by atoms with van der Waals surface area (Å²) in [7, 11) is 0. The molecule has 1 aliphatic rings. The predicted octanol–water partition coefficient (Wildman–Crippen LogP) is 4.28. The quantitative estimate of drug-likeness (QED) is 0.803. The second kappa shape index (κ2) is 6.91. The van der Waals surface area contributed by atoms with Crippen LogP contribution in [0.3, 0.4) is 0 Å². The lowest BCUT2D eigenvalue weighted by Crippen LogP contribution is -2.25. The van der Waals surface area contributed by atoms with Crippen LogP contribution in [-0.4, -0.2) is 11.5 Å². The summed E-state index contributed by atoms with van der Waals surface area (Å²) < 4.78 is 0. The first kappa shape index (κ1) is 13.6. The Hall–Kier alpha value is -0.860. The molecule has 0 radical (unpaired) electrons. The van der Waals surface area contributed by atoms with Gasteiger partial charge in [0.1, 0.15) is 0 Å². The SMILES string of the molecule is CCCNC(C1=CCCCC1)c1ccncc1Cl. The molecule has 0 saturated heterocycles. The van der Waals surface area contributed by atoms with Crippen LogP contribution in [0.5, 0.6) is 0 Å². The van der Waals surface area contributed by atoms with Crippen molar-refractivity contribution in [3.8, 4) is 0 Å². The number of nitrogens with zero attached hydrogens (tertiary/aromatic N) is 1. The van der Waals surface area contributed by atoms with E-state index in [4.69, 9.17) is 11.6 Å². The summed E-state index contributed by atoms with van der Waals surface area (Å²) in [6.07, 6.45) is 12.1. The molecule has 2 rings (SSSR count). The Kier molecular flexibility index (Phi) is 5.21. The predicted molar refractivity (Wildman–Crippen MR) is 76.8 cm³/mol. The van der Waals surface area contributed by atoms with Gasteiger partial charge < -0.3 is 5.32 Å². The molecular weight excluding hydrogens is 244 g/mol. The molecule has 0 aromatic carbocycles. The van der Waals surface area contributed by atoms with Gasteiger partial charge in [-0.2, -0.15) is 0 Å². The number of nitrogens with one attached hydrogen (secondary N) is 1. The molecule has 1 aromatic heterocycles. The van der Waals surface area contributed by atoms with Gasteiger partial charge in [-0.1, -0.05) is 30.2 Å². The summed E-state index contributed by atoms with van der Waals surface area (Å²) in [5, 5.41) is 4.38. The van der Waals surface area contributed by atoms with Crippen LogP contribution < -0.4 is 5.32 Å². The molecule has 3 heteroatoms. The number of aromatic nitrogens is 1. The number of hydrogen-bond acceptors (Lipinski definition) is 2. The van der Waals surface area contributed by atoms with Crippen LogP contribution in [0.25, 0.3) is 0 Å². The Morgan fingerprint density at radius 1 is 1.44 bits per heavy atom. The highest BCUT2D eigenvalue weighted by Gasteiger charge is 2.19. The molecule has 0 saturated carbocycles. The third-order valence-electron chi connectivity index (χ3n) is 3.41. The third-order valence-corrected chi connectivity index (χ3v) is 3.73. The summed E-state index contributed by atoms with van der Waals surface area (Å²) in [6.45, 7) is 3.20. The van der Waals surface area contributed by atoms with E-state index in [-0.39, 0.29) is 6.04 Å². The van der Waals surface area contributed by atoms with Gasteiger partial charge in [0.05, 0.1) is 11.1 Å². The van der Waals surface area contributed by atoms with Crippen molar-refractivity contribution in [2.45, 2.75) is 45.1 Å². The van der Waals surface area contributed by atoms with Crippen molar-refractivity contribution in [1.82, 2.24) is 10.3 Å². The molecule has 1 heterocycles. The second-order valence-corrected chi connectivity index (χ2v) is 5.22. The maximum Gasteiger partial charge on any atom is 0.0640 e. The topological polar surface area (TPSA) is 24.9 Å². The molecule has 1 unspecified atom stereocenters. The van der Waals surface area contributed by atoms with Gasteiger partial charge in [0.2, 0.25) is 0 Å². The van der Waals surface area contributed by atoms with Crippen LogP contribution in [0.15, 0.2) is 30.1 Å². The molecular formula is C15H21ClN2. The molecule has 0 spiro atoms. The fourth-order valence-electron chi connectivity index (χ4n) is 2.47. The fraction of sp³-hybridized carbons (Fsp3) is 0.533. The van der Waals surface area contributed by atoms with Crippen molar-refractivity contribution in [2.24, 2.45) is 0 Å². The van der Waals surface area contributed by atoms with Crippen molar-refractivity contribution >= 4 is 11.6 Å². The number of rotatable bonds is 5. The van der Waals surface area contributed by atoms with Gasteiger partial charge in [0.15, 0.2) is 0 Å². The Bertz CT molecular complexity index is 415. The smallest absolute Gasteiger partial charge is 0.0640 e. The number of hydrogen-bond donors (Lipinski definition) is 1. The normalized spacial score (nSPS) is 17.3. The maximum atomic E-state index is 6.29. The van der Waals surface area contributed by atoms with Gasteiger partial charge in [0, 0.05) is 12.4 Å². The largest absolute Gasteiger partial charge is 0.306 e. The van der Waals surface area contributed by atoms with Crippen LogP contribution in [0.1, 0.15) is 50.6 Å². The van der Waals surface area contributed by atoms with Crippen molar-refractivity contribution in [1.29, 1.82) is 0 Å². The lowest BCUT2D eigenvalue weighted by atomic mass is 9.90. The van der Waals surface area contributed by atoms with Crippen molar-refractivity contribution in [3.63, 3.8) is 0 Å². The number of pyridine rings is 1. The van der Waals surface area contributed by atoms with Crippen molar-refractivity contribution in [3.05, 3.63) is 40.7 Å². The van der Waals surface area contributed by atoms with E-state index in [0.717, 1.165) is 23.6 Å². The monoisotopic (exact) mass is 264 g/mol. The average Bonchev–Trinajstić information content (AvgIpc) is 2.42. The van der Waals surface area contributed by atoms with Crippen LogP contribution in [0.2, 0.25) is 5.02 Å². The molecule has 2 nitrogen and oxygen atoms in total. The van der Waals surface area contributed by atoms with E-state index in [1.165, 1.54) is 31.3 Å². The zero-order valence-electron chi connectivity index (χ0n) is 11.0. The summed E-state index contributed by atoms with van der Waals surface area (Å²) in [5.74, 6) is 0. The minimum atomic E-state index is 0.265. The van der Waals surface area contributed by atoms with E-state index in [1.807, 2.05) is 12.3 Å². The second-order valence-electron chi connectivity index (χ2n) is 4.81. The van der Waals surface area contributed by atoms with E-state index in [2.05, 4.69) is 23.3 Å². The lowest BCUT2D eigenvalue weighted by molar-refractivity contribution is 0.546. The van der Waals surface area contributed by atoms with Gasteiger partial charge in [-0.25, -0.2) is 0 Å². The highest BCUT2D eigenvalue weighted by molar-refractivity contribution is 6.31. The summed E-state index contributed by atoms with van der Waals surface area (Å²) in [4.78, 5) is 4.07. The molecule has 1 aliphatic carbocycles. The minimum absolute atomic E-state index is 0.265. The fourth-order valence-corrected chi connectivity index (χ4v) is 2.70. The van der Waals surface area contributed by atoms with Crippen molar-refractivity contribution < 1.29 is 0 Å². The molecule has 98 valence electrons. The zero-order chi connectivity index (χ0) is 12.8. The van der Waals surface area contributed by atoms with Crippen LogP contribution >= 0.6 is 11.6 Å².